The third-order valence-electron chi connectivity index (χ3n) is 2.59. The molecule has 0 aliphatic rings. The minimum atomic E-state index is -0.983. The molecule has 0 saturated heterocycles. The lowest BCUT2D eigenvalue weighted by Gasteiger charge is -2.02. The molecule has 0 bridgehead atoms. The fourth-order valence-corrected chi connectivity index (χ4v) is 1.55. The van der Waals surface area contributed by atoms with Crippen molar-refractivity contribution in [2.45, 2.75) is 0 Å². The van der Waals surface area contributed by atoms with Gasteiger partial charge in [0.15, 0.2) is 0 Å². The summed E-state index contributed by atoms with van der Waals surface area (Å²) in [6, 6.07) is 8.98. The molecule has 0 heterocycles. The lowest BCUT2D eigenvalue weighted by atomic mass is 10.1. The second-order valence-electron chi connectivity index (χ2n) is 4.05. The Balaban J connectivity index is 2.29. The Hall–Kier alpha value is -2.76. The maximum atomic E-state index is 13.4. The quantitative estimate of drug-likeness (QED) is 0.500. The first-order valence-electron chi connectivity index (χ1n) is 5.67. The molecule has 2 aromatic rings. The Morgan fingerprint density at radius 3 is 2.30 bits per heavy atom. The highest BCUT2D eigenvalue weighted by atomic mass is 19.1. The fourth-order valence-electron chi connectivity index (χ4n) is 1.55. The third kappa shape index (κ3) is 2.97. The van der Waals surface area contributed by atoms with Gasteiger partial charge in [-0.05, 0) is 36.4 Å². The van der Waals surface area contributed by atoms with Gasteiger partial charge in [0.2, 0.25) is 0 Å². The summed E-state index contributed by atoms with van der Waals surface area (Å²) in [6.45, 7) is 0. The molecule has 102 valence electrons. The Labute approximate surface area is 113 Å². The zero-order chi connectivity index (χ0) is 14.7. The van der Waals surface area contributed by atoms with Crippen LogP contribution in [0.4, 0.5) is 14.5 Å². The van der Waals surface area contributed by atoms with Crippen molar-refractivity contribution in [3.63, 3.8) is 0 Å². The van der Waals surface area contributed by atoms with Gasteiger partial charge in [-0.15, -0.1) is 0 Å². The number of amidine groups is 1. The molecular weight excluding hydrogens is 264 g/mol. The van der Waals surface area contributed by atoms with E-state index < -0.39 is 17.5 Å². The van der Waals surface area contributed by atoms with Crippen LogP contribution in [0.25, 0.3) is 0 Å². The van der Waals surface area contributed by atoms with E-state index in [1.54, 1.807) is 24.3 Å². The predicted octanol–water partition coefficient (Wildman–Crippen LogP) is 2.09. The molecule has 2 rings (SSSR count). The summed E-state index contributed by atoms with van der Waals surface area (Å²) in [5.74, 6) is -2.70. The van der Waals surface area contributed by atoms with Gasteiger partial charge in [-0.1, -0.05) is 0 Å². The van der Waals surface area contributed by atoms with Crippen LogP contribution in [0.3, 0.4) is 0 Å². The number of nitrogen functional groups attached to an aromatic ring is 1. The summed E-state index contributed by atoms with van der Waals surface area (Å²) in [5, 5.41) is 0. The van der Waals surface area contributed by atoms with E-state index in [2.05, 4.69) is 4.99 Å². The normalized spacial score (nSPS) is 11.4. The molecule has 0 aromatic heterocycles. The summed E-state index contributed by atoms with van der Waals surface area (Å²) in [7, 11) is 0. The number of carbonyl (C=O) groups is 1. The van der Waals surface area contributed by atoms with Gasteiger partial charge < -0.3 is 11.5 Å². The fraction of sp³-hybridized carbons (Fsp3) is 0. The molecule has 6 heteroatoms. The van der Waals surface area contributed by atoms with Crippen LogP contribution in [-0.2, 0) is 0 Å². The molecule has 0 saturated carbocycles. The SMILES string of the molecule is NC(=NC(=O)c1ccc(F)cc1F)c1ccc(N)cc1. The van der Waals surface area contributed by atoms with Crippen molar-refractivity contribution in [1.82, 2.24) is 0 Å². The smallest absolute Gasteiger partial charge is 0.281 e. The number of nitrogens with zero attached hydrogens (tertiary/aromatic N) is 1. The topological polar surface area (TPSA) is 81.5 Å². The highest BCUT2D eigenvalue weighted by molar-refractivity contribution is 6.08. The molecular formula is C14H11F2N3O. The van der Waals surface area contributed by atoms with Gasteiger partial charge in [-0.2, -0.15) is 4.99 Å². The number of halogens is 2. The lowest BCUT2D eigenvalue weighted by Crippen LogP contribution is -2.16. The van der Waals surface area contributed by atoms with Gasteiger partial charge in [0.05, 0.1) is 5.56 Å². The first-order chi connectivity index (χ1) is 9.47. The number of amides is 1. The molecule has 0 unspecified atom stereocenters. The average molecular weight is 275 g/mol. The molecule has 0 radical (unpaired) electrons. The van der Waals surface area contributed by atoms with Gasteiger partial charge in [0.25, 0.3) is 5.91 Å². The molecule has 0 fully saturated rings. The number of aliphatic imine (C=N–C) groups is 1. The van der Waals surface area contributed by atoms with E-state index in [1.807, 2.05) is 0 Å². The summed E-state index contributed by atoms with van der Waals surface area (Å²) < 4.78 is 26.2. The first kappa shape index (κ1) is 13.7. The highest BCUT2D eigenvalue weighted by Crippen LogP contribution is 2.12. The van der Waals surface area contributed by atoms with E-state index in [4.69, 9.17) is 11.5 Å². The van der Waals surface area contributed by atoms with Crippen LogP contribution in [0.2, 0.25) is 0 Å². The number of hydrogen-bond donors (Lipinski definition) is 2. The molecule has 1 amide bonds. The number of benzene rings is 2. The molecule has 0 aliphatic heterocycles. The minimum Gasteiger partial charge on any atom is -0.399 e. The molecule has 0 spiro atoms. The van der Waals surface area contributed by atoms with E-state index >= 15 is 0 Å². The van der Waals surface area contributed by atoms with Crippen LogP contribution in [0.1, 0.15) is 15.9 Å². The minimum absolute atomic E-state index is 0.0706. The van der Waals surface area contributed by atoms with Gasteiger partial charge >= 0.3 is 0 Å². The number of rotatable bonds is 2. The standard InChI is InChI=1S/C14H11F2N3O/c15-9-3-6-11(12(16)7-9)14(20)19-13(18)8-1-4-10(17)5-2-8/h1-7H,17H2,(H2,18,19,20). The van der Waals surface area contributed by atoms with Gasteiger partial charge in [0.1, 0.15) is 17.5 Å². The van der Waals surface area contributed by atoms with Crippen LogP contribution in [-0.4, -0.2) is 11.7 Å². The van der Waals surface area contributed by atoms with Crippen LogP contribution in [0, 0.1) is 11.6 Å². The third-order valence-corrected chi connectivity index (χ3v) is 2.59. The average Bonchev–Trinajstić information content (AvgIpc) is 2.39. The van der Waals surface area contributed by atoms with E-state index in [-0.39, 0.29) is 11.4 Å². The maximum Gasteiger partial charge on any atom is 0.281 e. The summed E-state index contributed by atoms with van der Waals surface area (Å²) in [6.07, 6.45) is 0. The van der Waals surface area contributed by atoms with Crippen molar-refractivity contribution < 1.29 is 13.6 Å². The van der Waals surface area contributed by atoms with Crippen LogP contribution < -0.4 is 11.5 Å². The zero-order valence-electron chi connectivity index (χ0n) is 10.3. The molecule has 20 heavy (non-hydrogen) atoms. The van der Waals surface area contributed by atoms with Gasteiger partial charge in [-0.25, -0.2) is 8.78 Å². The van der Waals surface area contributed by atoms with E-state index in [9.17, 15) is 13.6 Å². The summed E-state index contributed by atoms with van der Waals surface area (Å²) in [5.41, 5.74) is 11.9. The lowest BCUT2D eigenvalue weighted by molar-refractivity contribution is 0.0999. The predicted molar refractivity (Wildman–Crippen MR) is 72.3 cm³/mol. The van der Waals surface area contributed by atoms with Crippen molar-refractivity contribution in [2.75, 3.05) is 5.73 Å². The number of nitrogens with two attached hydrogens (primary N) is 2. The number of anilines is 1. The highest BCUT2D eigenvalue weighted by Gasteiger charge is 2.12. The van der Waals surface area contributed by atoms with Crippen molar-refractivity contribution in [3.8, 4) is 0 Å². The second-order valence-corrected chi connectivity index (χ2v) is 4.05. The Morgan fingerprint density at radius 1 is 1.05 bits per heavy atom. The van der Waals surface area contributed by atoms with E-state index in [0.717, 1.165) is 12.1 Å². The zero-order valence-corrected chi connectivity index (χ0v) is 10.3. The molecule has 4 nitrogen and oxygen atoms in total. The van der Waals surface area contributed by atoms with Gasteiger partial charge in [-0.3, -0.25) is 4.79 Å². The van der Waals surface area contributed by atoms with Crippen LogP contribution in [0.15, 0.2) is 47.5 Å². The molecule has 0 aliphatic carbocycles. The van der Waals surface area contributed by atoms with Crippen molar-refractivity contribution in [3.05, 3.63) is 65.2 Å². The van der Waals surface area contributed by atoms with E-state index in [0.29, 0.717) is 17.3 Å². The largest absolute Gasteiger partial charge is 0.399 e. The number of carbonyl (C=O) groups excluding carboxylic acids is 1. The first-order valence-corrected chi connectivity index (χ1v) is 5.67. The maximum absolute atomic E-state index is 13.4. The van der Waals surface area contributed by atoms with Crippen LogP contribution in [0.5, 0.6) is 0 Å². The Bertz CT molecular complexity index is 681. The van der Waals surface area contributed by atoms with Crippen molar-refractivity contribution >= 4 is 17.4 Å². The second kappa shape index (κ2) is 5.48. The summed E-state index contributed by atoms with van der Waals surface area (Å²) in [4.78, 5) is 15.4. The van der Waals surface area contributed by atoms with Gasteiger partial charge in [0, 0.05) is 17.3 Å². The van der Waals surface area contributed by atoms with Crippen molar-refractivity contribution in [1.29, 1.82) is 0 Å². The van der Waals surface area contributed by atoms with Crippen LogP contribution >= 0.6 is 0 Å². The van der Waals surface area contributed by atoms with Crippen molar-refractivity contribution in [2.24, 2.45) is 10.7 Å². The molecule has 2 aromatic carbocycles. The van der Waals surface area contributed by atoms with E-state index in [1.165, 1.54) is 0 Å². The molecule has 4 N–H and O–H groups in total. The number of hydrogen-bond acceptors (Lipinski definition) is 2. The Kier molecular flexibility index (Phi) is 3.74. The molecule has 0 atom stereocenters. The Morgan fingerprint density at radius 2 is 1.70 bits per heavy atom. The summed E-state index contributed by atoms with van der Waals surface area (Å²) >= 11 is 0. The monoisotopic (exact) mass is 275 g/mol.